The van der Waals surface area contributed by atoms with Crippen molar-refractivity contribution in [2.75, 3.05) is 19.7 Å². The van der Waals surface area contributed by atoms with Crippen LogP contribution in [0.3, 0.4) is 0 Å². The highest BCUT2D eigenvalue weighted by atomic mass is 16.3. The van der Waals surface area contributed by atoms with Gasteiger partial charge in [-0.25, -0.2) is 0 Å². The molecule has 0 unspecified atom stereocenters. The molecule has 2 saturated heterocycles. The lowest BCUT2D eigenvalue weighted by Crippen LogP contribution is -2.73. The van der Waals surface area contributed by atoms with E-state index in [9.17, 15) is 14.7 Å². The third-order valence-electron chi connectivity index (χ3n) is 5.85. The Morgan fingerprint density at radius 1 is 1.27 bits per heavy atom. The minimum absolute atomic E-state index is 0.0129. The number of aromatic nitrogens is 1. The second-order valence-corrected chi connectivity index (χ2v) is 7.75. The highest BCUT2D eigenvalue weighted by Gasteiger charge is 2.54. The molecule has 2 aliphatic rings. The fourth-order valence-corrected chi connectivity index (χ4v) is 4.40. The van der Waals surface area contributed by atoms with E-state index in [-0.39, 0.29) is 43.0 Å². The molecular formula is C24H25N3O3. The summed E-state index contributed by atoms with van der Waals surface area (Å²) in [6, 6.07) is 11.0. The average Bonchev–Trinajstić information content (AvgIpc) is 2.76. The van der Waals surface area contributed by atoms with Crippen molar-refractivity contribution < 1.29 is 14.7 Å². The van der Waals surface area contributed by atoms with Gasteiger partial charge in [0.1, 0.15) is 6.54 Å². The zero-order valence-corrected chi connectivity index (χ0v) is 17.0. The molecule has 154 valence electrons. The van der Waals surface area contributed by atoms with E-state index >= 15 is 0 Å². The standard InChI is InChI=1S/C24H25N3O3/c1-2-3-4-6-17-8-10-18(11-9-17)23-20-14-26(15-22(29)27(20)21(23)16-28)24(30)19-7-5-12-25-13-19/h5,7-13,20-21,23,28H,2-3,14-16H2,1H3/t20-,21-,23+/m1/s1. The Morgan fingerprint density at radius 2 is 2.07 bits per heavy atom. The number of piperazine rings is 1. The molecule has 1 N–H and O–H groups in total. The number of carbonyl (C=O) groups excluding carboxylic acids is 2. The van der Waals surface area contributed by atoms with Crippen LogP contribution in [0.4, 0.5) is 0 Å². The first kappa shape index (κ1) is 20.1. The first-order chi connectivity index (χ1) is 14.6. The molecule has 0 spiro atoms. The lowest BCUT2D eigenvalue weighted by atomic mass is 9.73. The van der Waals surface area contributed by atoms with E-state index in [1.165, 1.54) is 6.20 Å². The van der Waals surface area contributed by atoms with Crippen molar-refractivity contribution in [1.29, 1.82) is 0 Å². The number of pyridine rings is 1. The second-order valence-electron chi connectivity index (χ2n) is 7.75. The van der Waals surface area contributed by atoms with Crippen molar-refractivity contribution in [3.05, 3.63) is 65.5 Å². The lowest BCUT2D eigenvalue weighted by molar-refractivity contribution is -0.159. The Morgan fingerprint density at radius 3 is 2.73 bits per heavy atom. The van der Waals surface area contributed by atoms with Crippen molar-refractivity contribution in [2.24, 2.45) is 0 Å². The van der Waals surface area contributed by atoms with Gasteiger partial charge in [0.2, 0.25) is 5.91 Å². The largest absolute Gasteiger partial charge is 0.394 e. The summed E-state index contributed by atoms with van der Waals surface area (Å²) >= 11 is 0. The van der Waals surface area contributed by atoms with Crippen LogP contribution in [0.15, 0.2) is 48.8 Å². The summed E-state index contributed by atoms with van der Waals surface area (Å²) in [4.78, 5) is 32.9. The van der Waals surface area contributed by atoms with E-state index in [1.807, 2.05) is 24.3 Å². The van der Waals surface area contributed by atoms with E-state index in [0.29, 0.717) is 12.1 Å². The molecular weight excluding hydrogens is 378 g/mol. The Balaban J connectivity index is 1.54. The monoisotopic (exact) mass is 403 g/mol. The number of nitrogens with zero attached hydrogens (tertiary/aromatic N) is 3. The quantitative estimate of drug-likeness (QED) is 0.793. The van der Waals surface area contributed by atoms with Crippen LogP contribution in [0, 0.1) is 11.8 Å². The molecule has 2 aliphatic heterocycles. The Kier molecular flexibility index (Phi) is 5.82. The number of amides is 2. The molecule has 0 saturated carbocycles. The van der Waals surface area contributed by atoms with Gasteiger partial charge in [0.05, 0.1) is 24.3 Å². The highest BCUT2D eigenvalue weighted by Crippen LogP contribution is 2.43. The molecule has 2 amide bonds. The number of unbranched alkanes of at least 4 members (excludes halogenated alkanes) is 1. The number of carbonyl (C=O) groups is 2. The van der Waals surface area contributed by atoms with Crippen LogP contribution in [-0.4, -0.2) is 63.5 Å². The van der Waals surface area contributed by atoms with Crippen LogP contribution < -0.4 is 0 Å². The van der Waals surface area contributed by atoms with E-state index in [4.69, 9.17) is 0 Å². The molecule has 3 heterocycles. The van der Waals surface area contributed by atoms with Gasteiger partial charge in [0.25, 0.3) is 5.91 Å². The van der Waals surface area contributed by atoms with Crippen LogP contribution in [0.5, 0.6) is 0 Å². The highest BCUT2D eigenvalue weighted by molar-refractivity contribution is 5.97. The minimum Gasteiger partial charge on any atom is -0.394 e. The third-order valence-corrected chi connectivity index (χ3v) is 5.85. The average molecular weight is 403 g/mol. The summed E-state index contributed by atoms with van der Waals surface area (Å²) in [7, 11) is 0. The number of hydrogen-bond donors (Lipinski definition) is 1. The van der Waals surface area contributed by atoms with E-state index in [2.05, 4.69) is 23.7 Å². The molecule has 4 rings (SSSR count). The zero-order valence-electron chi connectivity index (χ0n) is 17.0. The molecule has 0 bridgehead atoms. The summed E-state index contributed by atoms with van der Waals surface area (Å²) < 4.78 is 0. The van der Waals surface area contributed by atoms with Gasteiger partial charge in [-0.15, -0.1) is 0 Å². The SMILES string of the molecule is CCCC#Cc1ccc([C@@H]2[C@@H](CO)N3C(=O)CN(C(=O)c4cccnc4)C[C@H]23)cc1. The van der Waals surface area contributed by atoms with Gasteiger partial charge >= 0.3 is 0 Å². The van der Waals surface area contributed by atoms with Crippen molar-refractivity contribution in [3.8, 4) is 11.8 Å². The second kappa shape index (κ2) is 8.68. The number of benzene rings is 1. The number of hydrogen-bond acceptors (Lipinski definition) is 4. The fraction of sp³-hybridized carbons (Fsp3) is 0.375. The molecule has 6 heteroatoms. The van der Waals surface area contributed by atoms with Crippen LogP contribution >= 0.6 is 0 Å². The van der Waals surface area contributed by atoms with Crippen LogP contribution in [0.2, 0.25) is 0 Å². The lowest BCUT2D eigenvalue weighted by Gasteiger charge is -2.58. The van der Waals surface area contributed by atoms with Gasteiger partial charge in [0.15, 0.2) is 0 Å². The van der Waals surface area contributed by atoms with Crippen molar-refractivity contribution in [1.82, 2.24) is 14.8 Å². The Bertz CT molecular complexity index is 978. The number of aliphatic hydroxyl groups is 1. The normalized spacial score (nSPS) is 22.6. The maximum atomic E-state index is 12.8. The van der Waals surface area contributed by atoms with Gasteiger partial charge in [0, 0.05) is 36.8 Å². The molecule has 3 atom stereocenters. The summed E-state index contributed by atoms with van der Waals surface area (Å²) in [6.45, 7) is 2.47. The molecule has 6 nitrogen and oxygen atoms in total. The van der Waals surface area contributed by atoms with Crippen molar-refractivity contribution >= 4 is 11.8 Å². The van der Waals surface area contributed by atoms with E-state index < -0.39 is 0 Å². The van der Waals surface area contributed by atoms with Gasteiger partial charge < -0.3 is 14.9 Å². The van der Waals surface area contributed by atoms with Gasteiger partial charge in [-0.1, -0.05) is 30.9 Å². The third kappa shape index (κ3) is 3.69. The predicted octanol–water partition coefficient (Wildman–Crippen LogP) is 2.04. The fourth-order valence-electron chi connectivity index (χ4n) is 4.40. The predicted molar refractivity (Wildman–Crippen MR) is 113 cm³/mol. The summed E-state index contributed by atoms with van der Waals surface area (Å²) in [6.07, 6.45) is 5.04. The van der Waals surface area contributed by atoms with E-state index in [0.717, 1.165) is 24.0 Å². The molecule has 1 aromatic carbocycles. The maximum Gasteiger partial charge on any atom is 0.255 e. The van der Waals surface area contributed by atoms with Crippen LogP contribution in [0.1, 0.15) is 47.2 Å². The van der Waals surface area contributed by atoms with Gasteiger partial charge in [-0.3, -0.25) is 14.6 Å². The Labute approximate surface area is 176 Å². The van der Waals surface area contributed by atoms with Crippen LogP contribution in [-0.2, 0) is 4.79 Å². The Hall–Kier alpha value is -3.17. The molecule has 30 heavy (non-hydrogen) atoms. The molecule has 2 fully saturated rings. The molecule has 0 radical (unpaired) electrons. The number of fused-ring (bicyclic) bond motifs is 1. The molecule has 1 aromatic heterocycles. The van der Waals surface area contributed by atoms with Crippen molar-refractivity contribution in [3.63, 3.8) is 0 Å². The summed E-state index contributed by atoms with van der Waals surface area (Å²) in [5.74, 6) is 5.97. The summed E-state index contributed by atoms with van der Waals surface area (Å²) in [5.41, 5.74) is 2.49. The first-order valence-electron chi connectivity index (χ1n) is 10.3. The van der Waals surface area contributed by atoms with Gasteiger partial charge in [-0.05, 0) is 36.2 Å². The summed E-state index contributed by atoms with van der Waals surface area (Å²) in [5, 5.41) is 9.92. The molecule has 2 aromatic rings. The smallest absolute Gasteiger partial charge is 0.255 e. The van der Waals surface area contributed by atoms with Gasteiger partial charge in [-0.2, -0.15) is 0 Å². The first-order valence-corrected chi connectivity index (χ1v) is 10.3. The maximum absolute atomic E-state index is 12.8. The van der Waals surface area contributed by atoms with Crippen molar-refractivity contribution in [2.45, 2.75) is 37.8 Å². The topological polar surface area (TPSA) is 73.7 Å². The number of aliphatic hydroxyl groups excluding tert-OH is 1. The number of rotatable bonds is 4. The zero-order chi connectivity index (χ0) is 21.1. The molecule has 0 aliphatic carbocycles. The van der Waals surface area contributed by atoms with Crippen LogP contribution in [0.25, 0.3) is 0 Å². The minimum atomic E-state index is -0.254. The van der Waals surface area contributed by atoms with E-state index in [1.54, 1.807) is 28.1 Å².